The third-order valence-corrected chi connectivity index (χ3v) is 5.59. The maximum Gasteiger partial charge on any atom is 0.310 e. The van der Waals surface area contributed by atoms with Crippen molar-refractivity contribution >= 4 is 17.6 Å². The van der Waals surface area contributed by atoms with Crippen molar-refractivity contribution in [2.45, 2.75) is 26.2 Å². The van der Waals surface area contributed by atoms with Gasteiger partial charge in [0.15, 0.2) is 0 Å². The first kappa shape index (κ1) is 20.6. The molecule has 0 N–H and O–H groups in total. The van der Waals surface area contributed by atoms with E-state index in [9.17, 15) is 14.0 Å². The quantitative estimate of drug-likeness (QED) is 0.696. The number of carbonyl (C=O) groups excluding carboxylic acids is 2. The average Bonchev–Trinajstić information content (AvgIpc) is 2.73. The summed E-state index contributed by atoms with van der Waals surface area (Å²) in [6, 6.07) is 6.50. The second-order valence-electron chi connectivity index (χ2n) is 7.49. The molecule has 28 heavy (non-hydrogen) atoms. The standard InChI is InChI=1S/C21H30FN3O3/c1-2-28-21(27)17-4-3-10-23(16-17)11-9-20(26)25-14-12-24(13-15-25)19-7-5-18(22)6-8-19/h5-8,17H,2-4,9-16H2,1H3. The van der Waals surface area contributed by atoms with Crippen molar-refractivity contribution in [3.63, 3.8) is 0 Å². The predicted octanol–water partition coefficient (Wildman–Crippen LogP) is 2.14. The van der Waals surface area contributed by atoms with E-state index in [2.05, 4.69) is 9.80 Å². The first-order valence-electron chi connectivity index (χ1n) is 10.2. The minimum absolute atomic E-state index is 0.0666. The Morgan fingerprint density at radius 1 is 1.11 bits per heavy atom. The largest absolute Gasteiger partial charge is 0.466 e. The van der Waals surface area contributed by atoms with Crippen LogP contribution in [0.2, 0.25) is 0 Å². The van der Waals surface area contributed by atoms with E-state index in [1.54, 1.807) is 12.1 Å². The number of rotatable bonds is 6. The van der Waals surface area contributed by atoms with Crippen LogP contribution in [0.3, 0.4) is 0 Å². The molecule has 0 aromatic heterocycles. The fraction of sp³-hybridized carbons (Fsp3) is 0.619. The highest BCUT2D eigenvalue weighted by Crippen LogP contribution is 2.19. The molecule has 6 nitrogen and oxygen atoms in total. The van der Waals surface area contributed by atoms with E-state index >= 15 is 0 Å². The molecule has 0 bridgehead atoms. The molecular weight excluding hydrogens is 361 g/mol. The molecule has 1 amide bonds. The van der Waals surface area contributed by atoms with Gasteiger partial charge in [-0.3, -0.25) is 9.59 Å². The van der Waals surface area contributed by atoms with Crippen molar-refractivity contribution in [1.29, 1.82) is 0 Å². The van der Waals surface area contributed by atoms with Gasteiger partial charge in [0.25, 0.3) is 0 Å². The van der Waals surface area contributed by atoms with Crippen LogP contribution in [0.25, 0.3) is 0 Å². The zero-order valence-electron chi connectivity index (χ0n) is 16.6. The Hall–Kier alpha value is -2.15. The van der Waals surface area contributed by atoms with Gasteiger partial charge >= 0.3 is 5.97 Å². The van der Waals surface area contributed by atoms with E-state index in [0.717, 1.165) is 38.2 Å². The first-order valence-corrected chi connectivity index (χ1v) is 10.2. The normalized spacial score (nSPS) is 20.9. The summed E-state index contributed by atoms with van der Waals surface area (Å²) in [4.78, 5) is 30.8. The molecule has 1 atom stereocenters. The number of esters is 1. The number of halogens is 1. The predicted molar refractivity (Wildman–Crippen MR) is 106 cm³/mol. The summed E-state index contributed by atoms with van der Waals surface area (Å²) in [7, 11) is 0. The number of amides is 1. The number of nitrogens with zero attached hydrogens (tertiary/aromatic N) is 3. The van der Waals surface area contributed by atoms with Crippen molar-refractivity contribution in [1.82, 2.24) is 9.80 Å². The summed E-state index contributed by atoms with van der Waals surface area (Å²) in [5.74, 6) is -0.254. The molecule has 7 heteroatoms. The molecule has 0 spiro atoms. The lowest BCUT2D eigenvalue weighted by molar-refractivity contribution is -0.149. The third-order valence-electron chi connectivity index (χ3n) is 5.59. The van der Waals surface area contributed by atoms with Crippen molar-refractivity contribution < 1.29 is 18.7 Å². The van der Waals surface area contributed by atoms with Crippen LogP contribution < -0.4 is 4.90 Å². The molecule has 0 saturated carbocycles. The summed E-state index contributed by atoms with van der Waals surface area (Å²) < 4.78 is 18.2. The lowest BCUT2D eigenvalue weighted by atomic mass is 9.98. The molecule has 3 rings (SSSR count). The maximum absolute atomic E-state index is 13.1. The van der Waals surface area contributed by atoms with E-state index in [-0.39, 0.29) is 23.6 Å². The second kappa shape index (κ2) is 9.87. The minimum Gasteiger partial charge on any atom is -0.466 e. The van der Waals surface area contributed by atoms with Crippen molar-refractivity contribution in [2.24, 2.45) is 5.92 Å². The van der Waals surface area contributed by atoms with Crippen molar-refractivity contribution in [3.8, 4) is 0 Å². The second-order valence-corrected chi connectivity index (χ2v) is 7.49. The van der Waals surface area contributed by atoms with E-state index < -0.39 is 0 Å². The SMILES string of the molecule is CCOC(=O)C1CCCN(CCC(=O)N2CCN(c3ccc(F)cc3)CC2)C1. The topological polar surface area (TPSA) is 53.1 Å². The van der Waals surface area contributed by atoms with Gasteiger partial charge in [-0.2, -0.15) is 0 Å². The Morgan fingerprint density at radius 3 is 2.50 bits per heavy atom. The average molecular weight is 391 g/mol. The van der Waals surface area contributed by atoms with Gasteiger partial charge in [-0.1, -0.05) is 0 Å². The molecule has 2 saturated heterocycles. The molecule has 1 aromatic rings. The molecule has 2 aliphatic rings. The zero-order chi connectivity index (χ0) is 19.9. The Labute approximate surface area is 166 Å². The Bertz CT molecular complexity index is 659. The van der Waals surface area contributed by atoms with Crippen molar-refractivity contribution in [3.05, 3.63) is 30.1 Å². The first-order chi connectivity index (χ1) is 13.6. The zero-order valence-corrected chi connectivity index (χ0v) is 16.6. The minimum atomic E-state index is -0.236. The van der Waals surface area contributed by atoms with Gasteiger partial charge in [-0.25, -0.2) is 4.39 Å². The van der Waals surface area contributed by atoms with Crippen molar-refractivity contribution in [2.75, 3.05) is 57.3 Å². The molecule has 1 aromatic carbocycles. The number of hydrogen-bond donors (Lipinski definition) is 0. The molecule has 0 aliphatic carbocycles. The van der Waals surface area contributed by atoms with E-state index in [1.165, 1.54) is 12.1 Å². The van der Waals surface area contributed by atoms with E-state index in [0.29, 0.717) is 39.2 Å². The van der Waals surface area contributed by atoms with Crippen LogP contribution in [0, 0.1) is 11.7 Å². The summed E-state index contributed by atoms with van der Waals surface area (Å²) in [5.41, 5.74) is 0.992. The highest BCUT2D eigenvalue weighted by atomic mass is 19.1. The number of anilines is 1. The van der Waals surface area contributed by atoms with Crippen LogP contribution in [0.5, 0.6) is 0 Å². The number of carbonyl (C=O) groups is 2. The fourth-order valence-electron chi connectivity index (χ4n) is 3.99. The molecule has 0 radical (unpaired) electrons. The lowest BCUT2D eigenvalue weighted by Gasteiger charge is -2.37. The van der Waals surface area contributed by atoms with Gasteiger partial charge in [-0.15, -0.1) is 0 Å². The number of benzene rings is 1. The number of hydrogen-bond acceptors (Lipinski definition) is 5. The Kier molecular flexibility index (Phi) is 7.25. The highest BCUT2D eigenvalue weighted by molar-refractivity contribution is 5.77. The number of ether oxygens (including phenoxy) is 1. The molecule has 2 heterocycles. The summed E-state index contributed by atoms with van der Waals surface area (Å²) >= 11 is 0. The van der Waals surface area contributed by atoms with Crippen LogP contribution in [0.1, 0.15) is 26.2 Å². The summed E-state index contributed by atoms with van der Waals surface area (Å²) in [6.07, 6.45) is 2.31. The smallest absolute Gasteiger partial charge is 0.310 e. The number of piperidine rings is 1. The summed E-state index contributed by atoms with van der Waals surface area (Å²) in [5, 5.41) is 0. The van der Waals surface area contributed by atoms with Gasteiger partial charge in [0.1, 0.15) is 5.82 Å². The van der Waals surface area contributed by atoms with E-state index in [1.807, 2.05) is 11.8 Å². The van der Waals surface area contributed by atoms with Crippen LogP contribution in [-0.2, 0) is 14.3 Å². The molecule has 2 aliphatic heterocycles. The number of piperazine rings is 1. The van der Waals surface area contributed by atoms with E-state index in [4.69, 9.17) is 4.74 Å². The maximum atomic E-state index is 13.1. The highest BCUT2D eigenvalue weighted by Gasteiger charge is 2.28. The Balaban J connectivity index is 1.41. The van der Waals surface area contributed by atoms with Crippen LogP contribution in [-0.4, -0.2) is 74.1 Å². The molecular formula is C21H30FN3O3. The van der Waals surface area contributed by atoms with Gasteiger partial charge in [0.2, 0.25) is 5.91 Å². The third kappa shape index (κ3) is 5.44. The molecule has 154 valence electrons. The van der Waals surface area contributed by atoms with Gasteiger partial charge in [0, 0.05) is 51.4 Å². The number of likely N-dealkylation sites (tertiary alicyclic amines) is 1. The van der Waals surface area contributed by atoms with Crippen LogP contribution >= 0.6 is 0 Å². The Morgan fingerprint density at radius 2 is 1.82 bits per heavy atom. The molecule has 2 fully saturated rings. The van der Waals surface area contributed by atoms with Crippen LogP contribution in [0.15, 0.2) is 24.3 Å². The van der Waals surface area contributed by atoms with Gasteiger partial charge in [-0.05, 0) is 50.6 Å². The van der Waals surface area contributed by atoms with Crippen LogP contribution in [0.4, 0.5) is 10.1 Å². The summed E-state index contributed by atoms with van der Waals surface area (Å²) in [6.45, 7) is 7.42. The van der Waals surface area contributed by atoms with Gasteiger partial charge < -0.3 is 19.4 Å². The van der Waals surface area contributed by atoms with Gasteiger partial charge in [0.05, 0.1) is 12.5 Å². The molecule has 1 unspecified atom stereocenters. The monoisotopic (exact) mass is 391 g/mol. The fourth-order valence-corrected chi connectivity index (χ4v) is 3.99. The lowest BCUT2D eigenvalue weighted by Crippen LogP contribution is -2.49.